The summed E-state index contributed by atoms with van der Waals surface area (Å²) in [5.74, 6) is -0.617. The second-order valence-electron chi connectivity index (χ2n) is 8.31. The third-order valence-electron chi connectivity index (χ3n) is 5.51. The van der Waals surface area contributed by atoms with E-state index in [0.29, 0.717) is 40.8 Å². The summed E-state index contributed by atoms with van der Waals surface area (Å²) in [5, 5.41) is 22.0. The van der Waals surface area contributed by atoms with Gasteiger partial charge < -0.3 is 19.9 Å². The molecule has 0 saturated carbocycles. The maximum Gasteiger partial charge on any atom is 0.335 e. The third kappa shape index (κ3) is 7.25. The molecular weight excluding hydrogens is 504 g/mol. The Hall–Kier alpha value is -4.54. The third-order valence-corrected chi connectivity index (χ3v) is 5.92. The van der Waals surface area contributed by atoms with Crippen LogP contribution in [0.25, 0.3) is 6.08 Å². The molecule has 0 aliphatic heterocycles. The second-order valence-corrected chi connectivity index (χ2v) is 8.72. The summed E-state index contributed by atoms with van der Waals surface area (Å²) in [5.41, 5.74) is 3.56. The first-order valence-electron chi connectivity index (χ1n) is 11.8. The molecule has 8 heteroatoms. The molecule has 2 N–H and O–H groups in total. The second kappa shape index (κ2) is 13.1. The molecule has 0 radical (unpaired) electrons. The van der Waals surface area contributed by atoms with E-state index >= 15 is 0 Å². The number of rotatable bonds is 11. The molecule has 3 rings (SSSR count). The molecule has 0 atom stereocenters. The van der Waals surface area contributed by atoms with E-state index < -0.39 is 11.9 Å². The van der Waals surface area contributed by atoms with Crippen molar-refractivity contribution < 1.29 is 24.2 Å². The standard InChI is InChI=1S/C30H27ClN2O5/c1-4-6-23-13-21(14-24(17-32)29(34)33-25-12-7-19(3)26(31)16-25)15-27(37-5-2)28(23)38-18-20-8-10-22(11-9-20)30(35)36/h4,7-16H,1,5-6,18H2,2-3H3,(H,33,34)(H,35,36)/b24-14-. The predicted octanol–water partition coefficient (Wildman–Crippen LogP) is 6.60. The van der Waals surface area contributed by atoms with Gasteiger partial charge in [-0.1, -0.05) is 35.9 Å². The molecule has 0 saturated heterocycles. The maximum atomic E-state index is 12.8. The Morgan fingerprint density at radius 2 is 1.87 bits per heavy atom. The first-order valence-corrected chi connectivity index (χ1v) is 12.2. The van der Waals surface area contributed by atoms with Crippen LogP contribution in [0.2, 0.25) is 5.02 Å². The Bertz CT molecular complexity index is 1420. The Labute approximate surface area is 226 Å². The van der Waals surface area contributed by atoms with Crippen LogP contribution in [0.4, 0.5) is 5.69 Å². The quantitative estimate of drug-likeness (QED) is 0.164. The fourth-order valence-corrected chi connectivity index (χ4v) is 3.76. The SMILES string of the molecule is C=CCc1cc(/C=C(/C#N)C(=O)Nc2ccc(C)c(Cl)c2)cc(OCC)c1OCc1ccc(C(=O)O)cc1. The predicted molar refractivity (Wildman–Crippen MR) is 148 cm³/mol. The van der Waals surface area contributed by atoms with E-state index in [1.807, 2.05) is 19.9 Å². The minimum Gasteiger partial charge on any atom is -0.490 e. The molecule has 38 heavy (non-hydrogen) atoms. The Balaban J connectivity index is 1.91. The lowest BCUT2D eigenvalue weighted by Crippen LogP contribution is -2.13. The lowest BCUT2D eigenvalue weighted by Gasteiger charge is -2.17. The summed E-state index contributed by atoms with van der Waals surface area (Å²) < 4.78 is 11.9. The van der Waals surface area contributed by atoms with Crippen LogP contribution in [0.3, 0.4) is 0 Å². The number of amides is 1. The molecule has 0 aliphatic carbocycles. The van der Waals surface area contributed by atoms with Gasteiger partial charge >= 0.3 is 5.97 Å². The van der Waals surface area contributed by atoms with Crippen LogP contribution < -0.4 is 14.8 Å². The molecule has 3 aromatic rings. The van der Waals surface area contributed by atoms with Crippen molar-refractivity contribution in [1.82, 2.24) is 0 Å². The van der Waals surface area contributed by atoms with Crippen molar-refractivity contribution >= 4 is 35.2 Å². The monoisotopic (exact) mass is 530 g/mol. The van der Waals surface area contributed by atoms with Crippen molar-refractivity contribution in [2.24, 2.45) is 0 Å². The number of carboxylic acids is 1. The van der Waals surface area contributed by atoms with Gasteiger partial charge in [0.05, 0.1) is 12.2 Å². The average Bonchev–Trinajstić information content (AvgIpc) is 2.89. The number of ether oxygens (including phenoxy) is 2. The van der Waals surface area contributed by atoms with E-state index in [0.717, 1.165) is 16.7 Å². The average molecular weight is 531 g/mol. The zero-order valence-electron chi connectivity index (χ0n) is 21.1. The van der Waals surface area contributed by atoms with E-state index in [1.54, 1.807) is 48.5 Å². The summed E-state index contributed by atoms with van der Waals surface area (Å²) in [6, 6.07) is 17.0. The van der Waals surface area contributed by atoms with Gasteiger partial charge in [0, 0.05) is 16.3 Å². The Morgan fingerprint density at radius 3 is 2.47 bits per heavy atom. The van der Waals surface area contributed by atoms with Gasteiger partial charge in [-0.25, -0.2) is 4.79 Å². The normalized spacial score (nSPS) is 10.8. The zero-order valence-corrected chi connectivity index (χ0v) is 21.8. The number of nitrogens with zero attached hydrogens (tertiary/aromatic N) is 1. The van der Waals surface area contributed by atoms with E-state index in [4.69, 9.17) is 26.2 Å². The zero-order chi connectivity index (χ0) is 27.7. The van der Waals surface area contributed by atoms with Crippen molar-refractivity contribution in [3.8, 4) is 17.6 Å². The van der Waals surface area contributed by atoms with Gasteiger partial charge in [0.25, 0.3) is 5.91 Å². The van der Waals surface area contributed by atoms with Crippen LogP contribution in [-0.2, 0) is 17.8 Å². The number of aromatic carboxylic acids is 1. The van der Waals surface area contributed by atoms with Crippen molar-refractivity contribution in [1.29, 1.82) is 5.26 Å². The molecule has 7 nitrogen and oxygen atoms in total. The van der Waals surface area contributed by atoms with Crippen LogP contribution in [0.5, 0.6) is 11.5 Å². The molecule has 194 valence electrons. The highest BCUT2D eigenvalue weighted by Gasteiger charge is 2.16. The number of carboxylic acid groups (broad SMARTS) is 1. The largest absolute Gasteiger partial charge is 0.490 e. The molecule has 0 bridgehead atoms. The number of nitriles is 1. The Morgan fingerprint density at radius 1 is 1.13 bits per heavy atom. The summed E-state index contributed by atoms with van der Waals surface area (Å²) in [6.07, 6.45) is 3.64. The van der Waals surface area contributed by atoms with Gasteiger partial charge in [0.1, 0.15) is 18.2 Å². The number of carbonyl (C=O) groups excluding carboxylic acids is 1. The number of hydrogen-bond acceptors (Lipinski definition) is 5. The van der Waals surface area contributed by atoms with Gasteiger partial charge in [0.15, 0.2) is 11.5 Å². The van der Waals surface area contributed by atoms with Gasteiger partial charge in [0.2, 0.25) is 0 Å². The first kappa shape index (κ1) is 28.0. The highest BCUT2D eigenvalue weighted by atomic mass is 35.5. The van der Waals surface area contributed by atoms with Crippen LogP contribution in [0.1, 0.15) is 39.5 Å². The topological polar surface area (TPSA) is 109 Å². The van der Waals surface area contributed by atoms with E-state index in [-0.39, 0.29) is 17.7 Å². The van der Waals surface area contributed by atoms with Crippen LogP contribution in [0.15, 0.2) is 72.8 Å². The lowest BCUT2D eigenvalue weighted by molar-refractivity contribution is -0.112. The smallest absolute Gasteiger partial charge is 0.335 e. The molecule has 3 aromatic carbocycles. The maximum absolute atomic E-state index is 12.8. The Kier molecular flexibility index (Phi) is 9.69. The molecule has 0 unspecified atom stereocenters. The molecule has 0 aromatic heterocycles. The molecule has 0 fully saturated rings. The van der Waals surface area contributed by atoms with Crippen LogP contribution >= 0.6 is 11.6 Å². The summed E-state index contributed by atoms with van der Waals surface area (Å²) in [4.78, 5) is 23.9. The molecule has 0 spiro atoms. The number of carbonyl (C=O) groups is 2. The molecule has 0 heterocycles. The van der Waals surface area contributed by atoms with E-state index in [9.17, 15) is 14.9 Å². The number of nitrogens with one attached hydrogen (secondary N) is 1. The van der Waals surface area contributed by atoms with Crippen molar-refractivity contribution in [2.45, 2.75) is 26.9 Å². The molecular formula is C30H27ClN2O5. The number of aryl methyl sites for hydroxylation is 1. The van der Waals surface area contributed by atoms with Crippen molar-refractivity contribution in [3.05, 3.63) is 106 Å². The van der Waals surface area contributed by atoms with E-state index in [1.165, 1.54) is 18.2 Å². The number of benzene rings is 3. The van der Waals surface area contributed by atoms with E-state index in [2.05, 4.69) is 11.9 Å². The van der Waals surface area contributed by atoms with Crippen LogP contribution in [0, 0.1) is 18.3 Å². The summed E-state index contributed by atoms with van der Waals surface area (Å²) >= 11 is 6.15. The molecule has 0 aliphatic rings. The van der Waals surface area contributed by atoms with Crippen LogP contribution in [-0.4, -0.2) is 23.6 Å². The number of halogens is 1. The highest BCUT2D eigenvalue weighted by Crippen LogP contribution is 2.35. The van der Waals surface area contributed by atoms with Gasteiger partial charge in [-0.05, 0) is 79.4 Å². The fraction of sp³-hybridized carbons (Fsp3) is 0.167. The van der Waals surface area contributed by atoms with Gasteiger partial charge in [-0.15, -0.1) is 6.58 Å². The minimum atomic E-state index is -0.999. The highest BCUT2D eigenvalue weighted by molar-refractivity contribution is 6.31. The number of hydrogen-bond donors (Lipinski definition) is 2. The fourth-order valence-electron chi connectivity index (χ4n) is 3.58. The van der Waals surface area contributed by atoms with Gasteiger partial charge in [-0.2, -0.15) is 5.26 Å². The van der Waals surface area contributed by atoms with Gasteiger partial charge in [-0.3, -0.25) is 4.79 Å². The summed E-state index contributed by atoms with van der Waals surface area (Å²) in [7, 11) is 0. The summed E-state index contributed by atoms with van der Waals surface area (Å²) in [6.45, 7) is 8.06. The minimum absolute atomic E-state index is 0.0964. The van der Waals surface area contributed by atoms with Crippen molar-refractivity contribution in [3.63, 3.8) is 0 Å². The van der Waals surface area contributed by atoms with Crippen molar-refractivity contribution in [2.75, 3.05) is 11.9 Å². The molecule has 1 amide bonds. The first-order chi connectivity index (χ1) is 18.2. The number of allylic oxidation sites excluding steroid dienone is 1. The number of anilines is 1. The lowest BCUT2D eigenvalue weighted by atomic mass is 10.0.